The Hall–Kier alpha value is -1.43. The summed E-state index contributed by atoms with van der Waals surface area (Å²) in [4.78, 5) is 4.56. The van der Waals surface area contributed by atoms with Crippen molar-refractivity contribution in [3.05, 3.63) is 57.5 Å². The number of rotatable bonds is 4. The highest BCUT2D eigenvalue weighted by atomic mass is 79.9. The molecule has 0 amide bonds. The molecular formula is C16H14BrNO2S. The Labute approximate surface area is 135 Å². The van der Waals surface area contributed by atoms with Gasteiger partial charge in [-0.2, -0.15) is 0 Å². The maximum Gasteiger partial charge on any atom is 0.124 e. The predicted molar refractivity (Wildman–Crippen MR) is 89.0 cm³/mol. The van der Waals surface area contributed by atoms with Crippen LogP contribution < -0.4 is 4.74 Å². The van der Waals surface area contributed by atoms with Crippen LogP contribution >= 0.6 is 27.3 Å². The van der Waals surface area contributed by atoms with Crippen LogP contribution in [-0.2, 0) is 6.42 Å². The van der Waals surface area contributed by atoms with E-state index in [4.69, 9.17) is 4.74 Å². The summed E-state index contributed by atoms with van der Waals surface area (Å²) in [5, 5.41) is 11.4. The molecule has 2 aromatic carbocycles. The lowest BCUT2D eigenvalue weighted by molar-refractivity contribution is 0.174. The molecular weight excluding hydrogens is 350 g/mol. The molecule has 1 atom stereocenters. The zero-order chi connectivity index (χ0) is 14.8. The highest BCUT2D eigenvalue weighted by Crippen LogP contribution is 2.32. The van der Waals surface area contributed by atoms with Crippen LogP contribution in [0.4, 0.5) is 0 Å². The van der Waals surface area contributed by atoms with E-state index >= 15 is 0 Å². The number of para-hydroxylation sites is 1. The molecule has 1 heterocycles. The maximum atomic E-state index is 10.5. The molecule has 5 heteroatoms. The van der Waals surface area contributed by atoms with Crippen LogP contribution in [-0.4, -0.2) is 17.2 Å². The fraction of sp³-hybridized carbons (Fsp3) is 0.188. The average molecular weight is 364 g/mol. The first kappa shape index (κ1) is 14.5. The quantitative estimate of drug-likeness (QED) is 0.749. The lowest BCUT2D eigenvalue weighted by Crippen LogP contribution is -2.04. The lowest BCUT2D eigenvalue weighted by atomic mass is 10.1. The van der Waals surface area contributed by atoms with Crippen molar-refractivity contribution in [3.63, 3.8) is 0 Å². The first-order chi connectivity index (χ1) is 10.2. The molecule has 108 valence electrons. The molecule has 3 rings (SSSR count). The molecule has 0 aliphatic carbocycles. The number of ether oxygens (including phenoxy) is 1. The van der Waals surface area contributed by atoms with Crippen molar-refractivity contribution in [3.8, 4) is 5.75 Å². The minimum Gasteiger partial charge on any atom is -0.496 e. The van der Waals surface area contributed by atoms with Crippen molar-refractivity contribution in [1.82, 2.24) is 4.98 Å². The van der Waals surface area contributed by atoms with E-state index in [-0.39, 0.29) is 0 Å². The lowest BCUT2D eigenvalue weighted by Gasteiger charge is -2.14. The molecule has 0 saturated carbocycles. The number of nitrogens with zero attached hydrogens (tertiary/aromatic N) is 1. The fourth-order valence-corrected chi connectivity index (χ4v) is 3.63. The Morgan fingerprint density at radius 3 is 2.86 bits per heavy atom. The maximum absolute atomic E-state index is 10.5. The van der Waals surface area contributed by atoms with Gasteiger partial charge in [0.1, 0.15) is 5.75 Å². The summed E-state index contributed by atoms with van der Waals surface area (Å²) in [7, 11) is 1.61. The number of benzene rings is 2. The van der Waals surface area contributed by atoms with Gasteiger partial charge in [-0.15, -0.1) is 11.3 Å². The fourth-order valence-electron chi connectivity index (χ4n) is 2.25. The molecule has 0 spiro atoms. The molecule has 0 aliphatic heterocycles. The van der Waals surface area contributed by atoms with Crippen molar-refractivity contribution in [1.29, 1.82) is 0 Å². The summed E-state index contributed by atoms with van der Waals surface area (Å²) in [5.74, 6) is 0.687. The zero-order valence-corrected chi connectivity index (χ0v) is 13.8. The average Bonchev–Trinajstić information content (AvgIpc) is 2.89. The van der Waals surface area contributed by atoms with Gasteiger partial charge in [-0.05, 0) is 30.3 Å². The van der Waals surface area contributed by atoms with Crippen LogP contribution in [0.3, 0.4) is 0 Å². The molecule has 0 bridgehead atoms. The third-order valence-electron chi connectivity index (χ3n) is 3.26. The van der Waals surface area contributed by atoms with Gasteiger partial charge in [0, 0.05) is 16.5 Å². The van der Waals surface area contributed by atoms with Gasteiger partial charge in [0.2, 0.25) is 0 Å². The highest BCUT2D eigenvalue weighted by molar-refractivity contribution is 9.10. The molecule has 1 N–H and O–H groups in total. The van der Waals surface area contributed by atoms with Gasteiger partial charge in [0.15, 0.2) is 0 Å². The van der Waals surface area contributed by atoms with Crippen LogP contribution in [0, 0.1) is 0 Å². The number of thiazole rings is 1. The molecule has 0 fully saturated rings. The topological polar surface area (TPSA) is 42.4 Å². The summed E-state index contributed by atoms with van der Waals surface area (Å²) in [6, 6.07) is 13.6. The Kier molecular flexibility index (Phi) is 4.24. The van der Waals surface area contributed by atoms with Crippen LogP contribution in [0.1, 0.15) is 16.7 Å². The molecule has 1 aromatic heterocycles. The van der Waals surface area contributed by atoms with Crippen LogP contribution in [0.25, 0.3) is 10.2 Å². The van der Waals surface area contributed by atoms with Gasteiger partial charge in [-0.25, -0.2) is 4.98 Å². The van der Waals surface area contributed by atoms with Gasteiger partial charge in [0.25, 0.3) is 0 Å². The Morgan fingerprint density at radius 2 is 2.10 bits per heavy atom. The number of aliphatic hydroxyl groups excluding tert-OH is 1. The molecule has 0 radical (unpaired) electrons. The number of hydrogen-bond acceptors (Lipinski definition) is 4. The molecule has 0 aliphatic rings. The number of halogens is 1. The van der Waals surface area contributed by atoms with E-state index in [1.54, 1.807) is 18.4 Å². The van der Waals surface area contributed by atoms with Crippen molar-refractivity contribution >= 4 is 37.5 Å². The largest absolute Gasteiger partial charge is 0.496 e. The summed E-state index contributed by atoms with van der Waals surface area (Å²) in [5.41, 5.74) is 1.75. The van der Waals surface area contributed by atoms with Crippen molar-refractivity contribution < 1.29 is 9.84 Å². The number of hydrogen-bond donors (Lipinski definition) is 1. The minimum absolute atomic E-state index is 0.478. The van der Waals surface area contributed by atoms with Gasteiger partial charge in [-0.1, -0.05) is 28.1 Å². The smallest absolute Gasteiger partial charge is 0.124 e. The summed E-state index contributed by atoms with van der Waals surface area (Å²) in [6.07, 6.45) is -0.162. The van der Waals surface area contributed by atoms with E-state index in [2.05, 4.69) is 20.9 Å². The van der Waals surface area contributed by atoms with E-state index in [1.807, 2.05) is 42.5 Å². The van der Waals surface area contributed by atoms with Gasteiger partial charge in [-0.3, -0.25) is 0 Å². The minimum atomic E-state index is -0.641. The number of aliphatic hydroxyl groups is 1. The number of methoxy groups -OCH3 is 1. The second-order valence-electron chi connectivity index (χ2n) is 4.68. The number of aromatic nitrogens is 1. The third-order valence-corrected chi connectivity index (χ3v) is 4.81. The predicted octanol–water partition coefficient (Wildman–Crippen LogP) is 4.34. The van der Waals surface area contributed by atoms with E-state index in [1.165, 1.54) is 0 Å². The normalized spacial score (nSPS) is 12.5. The van der Waals surface area contributed by atoms with E-state index in [0.717, 1.165) is 25.3 Å². The van der Waals surface area contributed by atoms with Crippen LogP contribution in [0.5, 0.6) is 5.75 Å². The van der Waals surface area contributed by atoms with Gasteiger partial charge >= 0.3 is 0 Å². The summed E-state index contributed by atoms with van der Waals surface area (Å²) < 4.78 is 7.38. The standard InChI is InChI=1S/C16H14BrNO2S/c1-20-14-7-6-10(17)8-11(14)13(19)9-16-18-12-4-2-3-5-15(12)21-16/h2-8,13,19H,9H2,1H3. The van der Waals surface area contributed by atoms with Gasteiger partial charge in [0.05, 0.1) is 28.4 Å². The van der Waals surface area contributed by atoms with E-state index in [0.29, 0.717) is 12.2 Å². The number of fused-ring (bicyclic) bond motifs is 1. The summed E-state index contributed by atoms with van der Waals surface area (Å²) >= 11 is 5.04. The first-order valence-corrected chi connectivity index (χ1v) is 8.14. The van der Waals surface area contributed by atoms with Gasteiger partial charge < -0.3 is 9.84 Å². The van der Waals surface area contributed by atoms with Crippen molar-refractivity contribution in [2.75, 3.05) is 7.11 Å². The third kappa shape index (κ3) is 3.10. The SMILES string of the molecule is COc1ccc(Br)cc1C(O)Cc1nc2ccccc2s1. The van der Waals surface area contributed by atoms with Crippen LogP contribution in [0.2, 0.25) is 0 Å². The van der Waals surface area contributed by atoms with Crippen molar-refractivity contribution in [2.45, 2.75) is 12.5 Å². The summed E-state index contributed by atoms with van der Waals surface area (Å²) in [6.45, 7) is 0. The Morgan fingerprint density at radius 1 is 1.29 bits per heavy atom. The highest BCUT2D eigenvalue weighted by Gasteiger charge is 2.16. The van der Waals surface area contributed by atoms with Crippen LogP contribution in [0.15, 0.2) is 46.9 Å². The van der Waals surface area contributed by atoms with E-state index < -0.39 is 6.10 Å². The second-order valence-corrected chi connectivity index (χ2v) is 6.71. The Balaban J connectivity index is 1.88. The second kappa shape index (κ2) is 6.13. The zero-order valence-electron chi connectivity index (χ0n) is 11.4. The molecule has 0 saturated heterocycles. The monoisotopic (exact) mass is 363 g/mol. The Bertz CT molecular complexity index is 739. The van der Waals surface area contributed by atoms with E-state index in [9.17, 15) is 5.11 Å². The molecule has 1 unspecified atom stereocenters. The molecule has 3 aromatic rings. The first-order valence-electron chi connectivity index (χ1n) is 6.53. The van der Waals surface area contributed by atoms with Crippen molar-refractivity contribution in [2.24, 2.45) is 0 Å². The molecule has 21 heavy (non-hydrogen) atoms. The molecule has 3 nitrogen and oxygen atoms in total.